The van der Waals surface area contributed by atoms with Crippen molar-refractivity contribution in [2.75, 3.05) is 6.67 Å². The predicted molar refractivity (Wildman–Crippen MR) is 15.7 cm³/mol. The summed E-state index contributed by atoms with van der Waals surface area (Å²) in [5.41, 5.74) is 0. The van der Waals surface area contributed by atoms with Gasteiger partial charge in [0, 0.05) is 0 Å². The Labute approximate surface area is 39.3 Å². The summed E-state index contributed by atoms with van der Waals surface area (Å²) in [6.45, 7) is -0.750. The lowest BCUT2D eigenvalue weighted by Crippen LogP contribution is -2.28. The van der Waals surface area contributed by atoms with E-state index in [0.717, 1.165) is 0 Å². The van der Waals surface area contributed by atoms with Crippen molar-refractivity contribution < 1.29 is 20.8 Å². The molecule has 7 heavy (non-hydrogen) atoms. The van der Waals surface area contributed by atoms with Gasteiger partial charge < -0.3 is 0 Å². The fourth-order valence-electron chi connectivity index (χ4n) is 0.113. The van der Waals surface area contributed by atoms with E-state index in [4.69, 9.17) is 20.8 Å². The maximum absolute atomic E-state index is 7.75. The summed E-state index contributed by atoms with van der Waals surface area (Å²) in [6.07, 6.45) is 0. The SMILES string of the molecule is ON(O)CN(O)O. The van der Waals surface area contributed by atoms with Crippen LogP contribution in [0.4, 0.5) is 0 Å². The van der Waals surface area contributed by atoms with Crippen LogP contribution in [0, 0.1) is 0 Å². The topological polar surface area (TPSA) is 87.4 Å². The molecule has 0 aliphatic rings. The smallest absolute Gasteiger partial charge is 0.154 e. The highest BCUT2D eigenvalue weighted by molar-refractivity contribution is 4.03. The van der Waals surface area contributed by atoms with Gasteiger partial charge in [-0.1, -0.05) is 10.5 Å². The van der Waals surface area contributed by atoms with Gasteiger partial charge in [0.25, 0.3) is 0 Å². The Morgan fingerprint density at radius 1 is 0.857 bits per heavy atom. The molecule has 0 saturated carbocycles. The summed E-state index contributed by atoms with van der Waals surface area (Å²) in [7, 11) is 0. The van der Waals surface area contributed by atoms with Crippen LogP contribution in [-0.2, 0) is 0 Å². The fourth-order valence-corrected chi connectivity index (χ4v) is 0.113. The number of rotatable bonds is 2. The van der Waals surface area contributed by atoms with Gasteiger partial charge in [0.05, 0.1) is 0 Å². The van der Waals surface area contributed by atoms with Gasteiger partial charge in [-0.05, 0) is 0 Å². The molecule has 0 aromatic carbocycles. The van der Waals surface area contributed by atoms with Crippen LogP contribution in [0.15, 0.2) is 0 Å². The van der Waals surface area contributed by atoms with E-state index in [1.165, 1.54) is 0 Å². The molecule has 44 valence electrons. The average molecular weight is 110 g/mol. The molecule has 6 nitrogen and oxygen atoms in total. The molecule has 0 unspecified atom stereocenters. The Hall–Kier alpha value is -0.240. The maximum atomic E-state index is 7.75. The molecule has 0 rings (SSSR count). The zero-order chi connectivity index (χ0) is 5.86. The van der Waals surface area contributed by atoms with E-state index in [9.17, 15) is 0 Å². The lowest BCUT2D eigenvalue weighted by molar-refractivity contribution is -0.410. The highest BCUT2D eigenvalue weighted by Crippen LogP contribution is 1.72. The largest absolute Gasteiger partial charge is 0.288 e. The predicted octanol–water partition coefficient (Wildman–Crippen LogP) is -0.895. The first kappa shape index (κ1) is 6.76. The molecule has 0 aromatic rings. The molecule has 0 fully saturated rings. The summed E-state index contributed by atoms with van der Waals surface area (Å²) < 4.78 is 0. The van der Waals surface area contributed by atoms with Crippen LogP contribution in [0.25, 0.3) is 0 Å². The monoisotopic (exact) mass is 110 g/mol. The van der Waals surface area contributed by atoms with Gasteiger partial charge in [-0.15, -0.1) is 0 Å². The van der Waals surface area contributed by atoms with E-state index in [-0.39, 0.29) is 10.5 Å². The molecule has 0 atom stereocenters. The Morgan fingerprint density at radius 2 is 1.14 bits per heavy atom. The minimum Gasteiger partial charge on any atom is -0.288 e. The van der Waals surface area contributed by atoms with Crippen LogP contribution in [0.5, 0.6) is 0 Å². The molecule has 0 aromatic heterocycles. The number of nitrogens with zero attached hydrogens (tertiary/aromatic N) is 2. The summed E-state index contributed by atoms with van der Waals surface area (Å²) in [5.74, 6) is 0. The van der Waals surface area contributed by atoms with E-state index < -0.39 is 6.67 Å². The average Bonchev–Trinajstić information content (AvgIpc) is 1.27. The molecule has 0 spiro atoms. The van der Waals surface area contributed by atoms with Crippen molar-refractivity contribution in [3.8, 4) is 0 Å². The third kappa shape index (κ3) is 5.76. The van der Waals surface area contributed by atoms with Crippen molar-refractivity contribution in [3.63, 3.8) is 0 Å². The van der Waals surface area contributed by atoms with Crippen LogP contribution < -0.4 is 0 Å². The van der Waals surface area contributed by atoms with Crippen molar-refractivity contribution in [2.24, 2.45) is 0 Å². The number of hydrogen-bond acceptors (Lipinski definition) is 6. The summed E-state index contributed by atoms with van der Waals surface area (Å²) in [5, 5.41) is 30.2. The molecule has 0 aliphatic carbocycles. The number of hydroxylamine groups is 4. The van der Waals surface area contributed by atoms with E-state index in [2.05, 4.69) is 0 Å². The van der Waals surface area contributed by atoms with Crippen molar-refractivity contribution in [1.82, 2.24) is 10.5 Å². The van der Waals surface area contributed by atoms with E-state index in [0.29, 0.717) is 0 Å². The van der Waals surface area contributed by atoms with Crippen molar-refractivity contribution in [1.29, 1.82) is 0 Å². The Balaban J connectivity index is 2.95. The van der Waals surface area contributed by atoms with Gasteiger partial charge in [0.2, 0.25) is 0 Å². The highest BCUT2D eigenvalue weighted by atomic mass is 16.8. The second kappa shape index (κ2) is 2.86. The first-order valence-corrected chi connectivity index (χ1v) is 1.43. The van der Waals surface area contributed by atoms with Crippen molar-refractivity contribution >= 4 is 0 Å². The van der Waals surface area contributed by atoms with Gasteiger partial charge in [0.1, 0.15) is 0 Å². The molecule has 0 aliphatic heterocycles. The molecular weight excluding hydrogens is 104 g/mol. The summed E-state index contributed by atoms with van der Waals surface area (Å²) in [6, 6.07) is 0. The van der Waals surface area contributed by atoms with Crippen molar-refractivity contribution in [3.05, 3.63) is 0 Å². The third-order valence-corrected chi connectivity index (χ3v) is 0.253. The normalized spacial score (nSPS) is 11.1. The van der Waals surface area contributed by atoms with Gasteiger partial charge in [0.15, 0.2) is 6.67 Å². The van der Waals surface area contributed by atoms with Crippen LogP contribution >= 0.6 is 0 Å². The van der Waals surface area contributed by atoms with E-state index in [1.54, 1.807) is 0 Å². The highest BCUT2D eigenvalue weighted by Gasteiger charge is 1.96. The fraction of sp³-hybridized carbons (Fsp3) is 1.00. The van der Waals surface area contributed by atoms with Crippen LogP contribution in [0.3, 0.4) is 0 Å². The minimum atomic E-state index is -0.750. The first-order valence-electron chi connectivity index (χ1n) is 1.43. The Kier molecular flexibility index (Phi) is 2.76. The zero-order valence-electron chi connectivity index (χ0n) is 3.39. The number of hydrogen-bond donors (Lipinski definition) is 4. The summed E-state index contributed by atoms with van der Waals surface area (Å²) in [4.78, 5) is 0. The quantitative estimate of drug-likeness (QED) is 0.272. The van der Waals surface area contributed by atoms with Gasteiger partial charge in [-0.3, -0.25) is 20.8 Å². The molecule has 4 N–H and O–H groups in total. The van der Waals surface area contributed by atoms with Crippen LogP contribution in [0.2, 0.25) is 0 Å². The maximum Gasteiger partial charge on any atom is 0.154 e. The lowest BCUT2D eigenvalue weighted by atomic mass is 11.2. The van der Waals surface area contributed by atoms with E-state index >= 15 is 0 Å². The molecule has 0 heterocycles. The van der Waals surface area contributed by atoms with Crippen LogP contribution in [-0.4, -0.2) is 38.0 Å². The van der Waals surface area contributed by atoms with Gasteiger partial charge in [-0.2, -0.15) is 0 Å². The molecule has 0 saturated heterocycles. The van der Waals surface area contributed by atoms with Gasteiger partial charge in [-0.25, -0.2) is 0 Å². The zero-order valence-corrected chi connectivity index (χ0v) is 3.39. The second-order valence-electron chi connectivity index (χ2n) is 0.886. The van der Waals surface area contributed by atoms with Gasteiger partial charge >= 0.3 is 0 Å². The molecular formula is CH6N2O4. The Morgan fingerprint density at radius 3 is 1.14 bits per heavy atom. The minimum absolute atomic E-state index is 0.375. The third-order valence-electron chi connectivity index (χ3n) is 0.253. The standard InChI is InChI=1S/CH6N2O4/c4-2(5)1-3(6)7/h4-7H,1H2. The van der Waals surface area contributed by atoms with Crippen LogP contribution in [0.1, 0.15) is 0 Å². The second-order valence-corrected chi connectivity index (χ2v) is 0.886. The molecule has 0 radical (unpaired) electrons. The lowest BCUT2D eigenvalue weighted by Gasteiger charge is -2.07. The Bertz CT molecular complexity index is 39.0. The van der Waals surface area contributed by atoms with E-state index in [1.807, 2.05) is 0 Å². The first-order chi connectivity index (χ1) is 3.13. The van der Waals surface area contributed by atoms with Crippen molar-refractivity contribution in [2.45, 2.75) is 0 Å². The molecule has 6 heteroatoms. The summed E-state index contributed by atoms with van der Waals surface area (Å²) >= 11 is 0. The molecule has 0 bridgehead atoms. The molecule has 0 amide bonds.